The number of benzene rings is 1. The number of carbonyl (C=O) groups is 1. The van der Waals surface area contributed by atoms with Gasteiger partial charge in [0.05, 0.1) is 11.8 Å². The summed E-state index contributed by atoms with van der Waals surface area (Å²) in [5.41, 5.74) is 6.48. The van der Waals surface area contributed by atoms with Crippen molar-refractivity contribution < 1.29 is 14.3 Å². The van der Waals surface area contributed by atoms with Crippen molar-refractivity contribution in [3.8, 4) is 11.1 Å². The molecule has 0 aliphatic carbocycles. The van der Waals surface area contributed by atoms with E-state index < -0.39 is 11.8 Å². The van der Waals surface area contributed by atoms with E-state index >= 15 is 0 Å². The number of aromatic carboxylic acids is 1. The maximum absolute atomic E-state index is 13.6. The molecule has 0 spiro atoms. The van der Waals surface area contributed by atoms with Gasteiger partial charge >= 0.3 is 5.97 Å². The highest BCUT2D eigenvalue weighted by atomic mass is 19.1. The highest BCUT2D eigenvalue weighted by Gasteiger charge is 2.15. The van der Waals surface area contributed by atoms with E-state index in [4.69, 9.17) is 10.8 Å². The van der Waals surface area contributed by atoms with Crippen LogP contribution in [0, 0.1) is 12.7 Å². The van der Waals surface area contributed by atoms with Crippen molar-refractivity contribution in [2.24, 2.45) is 0 Å². The highest BCUT2D eigenvalue weighted by molar-refractivity contribution is 5.91. The minimum absolute atomic E-state index is 0.0828. The zero-order valence-corrected chi connectivity index (χ0v) is 8.99. The molecule has 0 unspecified atom stereocenters. The summed E-state index contributed by atoms with van der Waals surface area (Å²) < 4.78 is 13.6. The molecule has 0 radical (unpaired) electrons. The molecule has 0 fully saturated rings. The smallest absolute Gasteiger partial charge is 0.336 e. The van der Waals surface area contributed by atoms with Crippen molar-refractivity contribution in [1.82, 2.24) is 10.2 Å². The van der Waals surface area contributed by atoms with E-state index in [1.807, 2.05) is 0 Å². The second-order valence-corrected chi connectivity index (χ2v) is 3.63. The van der Waals surface area contributed by atoms with Crippen molar-refractivity contribution in [2.45, 2.75) is 6.92 Å². The number of hydrogen-bond acceptors (Lipinski definition) is 3. The molecule has 1 aromatic heterocycles. The second kappa shape index (κ2) is 3.89. The fourth-order valence-corrected chi connectivity index (χ4v) is 1.58. The summed E-state index contributed by atoms with van der Waals surface area (Å²) in [7, 11) is 0. The first-order chi connectivity index (χ1) is 8.00. The number of carboxylic acid groups (broad SMARTS) is 1. The van der Waals surface area contributed by atoms with Gasteiger partial charge in [0.1, 0.15) is 11.6 Å². The van der Waals surface area contributed by atoms with Crippen LogP contribution in [-0.4, -0.2) is 21.3 Å². The van der Waals surface area contributed by atoms with Crippen LogP contribution in [0.25, 0.3) is 11.1 Å². The zero-order chi connectivity index (χ0) is 12.6. The number of nitrogens with zero attached hydrogens (tertiary/aromatic N) is 1. The van der Waals surface area contributed by atoms with Crippen LogP contribution >= 0.6 is 0 Å². The van der Waals surface area contributed by atoms with Crippen LogP contribution in [0.4, 0.5) is 10.2 Å². The molecule has 0 bridgehead atoms. The SMILES string of the molecule is Cc1c(F)cc(-c2cn[nH]c2N)cc1C(=O)O. The third-order valence-corrected chi connectivity index (χ3v) is 2.55. The number of aromatic amines is 1. The molecule has 5 nitrogen and oxygen atoms in total. The van der Waals surface area contributed by atoms with Crippen LogP contribution < -0.4 is 5.73 Å². The van der Waals surface area contributed by atoms with E-state index in [2.05, 4.69) is 10.2 Å². The lowest BCUT2D eigenvalue weighted by atomic mass is 10.0. The van der Waals surface area contributed by atoms with Crippen molar-refractivity contribution in [3.05, 3.63) is 35.3 Å². The number of anilines is 1. The first-order valence-corrected chi connectivity index (χ1v) is 4.83. The van der Waals surface area contributed by atoms with E-state index in [0.29, 0.717) is 11.1 Å². The molecule has 2 aromatic rings. The predicted molar refractivity (Wildman–Crippen MR) is 60.1 cm³/mol. The number of nitrogens with two attached hydrogens (primary N) is 1. The third kappa shape index (κ3) is 1.84. The maximum atomic E-state index is 13.6. The Balaban J connectivity index is 2.65. The van der Waals surface area contributed by atoms with Crippen molar-refractivity contribution in [3.63, 3.8) is 0 Å². The van der Waals surface area contributed by atoms with Gasteiger partial charge in [-0.25, -0.2) is 9.18 Å². The number of nitrogen functional groups attached to an aromatic ring is 1. The molecule has 17 heavy (non-hydrogen) atoms. The summed E-state index contributed by atoms with van der Waals surface area (Å²) in [6, 6.07) is 2.62. The number of H-pyrrole nitrogens is 1. The molecule has 4 N–H and O–H groups in total. The Morgan fingerprint density at radius 3 is 2.76 bits per heavy atom. The van der Waals surface area contributed by atoms with Crippen LogP contribution in [0.2, 0.25) is 0 Å². The Labute approximate surface area is 96.1 Å². The Hall–Kier alpha value is -2.37. The van der Waals surface area contributed by atoms with E-state index in [1.165, 1.54) is 25.3 Å². The Morgan fingerprint density at radius 2 is 2.24 bits per heavy atom. The quantitative estimate of drug-likeness (QED) is 0.740. The normalized spacial score (nSPS) is 10.5. The Morgan fingerprint density at radius 1 is 1.53 bits per heavy atom. The van der Waals surface area contributed by atoms with Gasteiger partial charge in [0.25, 0.3) is 0 Å². The van der Waals surface area contributed by atoms with Gasteiger partial charge in [-0.2, -0.15) is 5.10 Å². The van der Waals surface area contributed by atoms with Gasteiger partial charge < -0.3 is 10.8 Å². The van der Waals surface area contributed by atoms with E-state index in [1.54, 1.807) is 0 Å². The lowest BCUT2D eigenvalue weighted by Gasteiger charge is -2.06. The lowest BCUT2D eigenvalue weighted by Crippen LogP contribution is -2.02. The molecular formula is C11H10FN3O2. The molecule has 0 aliphatic heterocycles. The summed E-state index contributed by atoms with van der Waals surface area (Å²) in [5, 5.41) is 15.2. The number of hydrogen-bond donors (Lipinski definition) is 3. The third-order valence-electron chi connectivity index (χ3n) is 2.55. The van der Waals surface area contributed by atoms with Crippen molar-refractivity contribution in [2.75, 3.05) is 5.73 Å². The van der Waals surface area contributed by atoms with Gasteiger partial charge in [0, 0.05) is 5.56 Å². The number of halogens is 1. The minimum atomic E-state index is -1.18. The number of aromatic nitrogens is 2. The van der Waals surface area contributed by atoms with Gasteiger partial charge in [-0.3, -0.25) is 5.10 Å². The second-order valence-electron chi connectivity index (χ2n) is 3.63. The topological polar surface area (TPSA) is 92.0 Å². The molecule has 1 heterocycles. The monoisotopic (exact) mass is 235 g/mol. The standard InChI is InChI=1S/C11H10FN3O2/c1-5-7(11(16)17)2-6(3-9(5)12)8-4-14-15-10(8)13/h2-4H,1H3,(H,16,17)(H3,13,14,15). The molecular weight excluding hydrogens is 225 g/mol. The molecule has 88 valence electrons. The molecule has 0 atom stereocenters. The van der Waals surface area contributed by atoms with Gasteiger partial charge in [0.15, 0.2) is 0 Å². The van der Waals surface area contributed by atoms with Crippen LogP contribution in [0.5, 0.6) is 0 Å². The number of rotatable bonds is 2. The largest absolute Gasteiger partial charge is 0.478 e. The minimum Gasteiger partial charge on any atom is -0.478 e. The van der Waals surface area contributed by atoms with E-state index in [-0.39, 0.29) is 16.9 Å². The van der Waals surface area contributed by atoms with Gasteiger partial charge in [-0.1, -0.05) is 0 Å². The van der Waals surface area contributed by atoms with Gasteiger partial charge in [-0.05, 0) is 30.2 Å². The summed E-state index contributed by atoms with van der Waals surface area (Å²) in [6.45, 7) is 1.42. The average molecular weight is 235 g/mol. The fourth-order valence-electron chi connectivity index (χ4n) is 1.58. The van der Waals surface area contributed by atoms with Crippen LogP contribution in [-0.2, 0) is 0 Å². The van der Waals surface area contributed by atoms with Crippen LogP contribution in [0.3, 0.4) is 0 Å². The summed E-state index contributed by atoms with van der Waals surface area (Å²) in [6.07, 6.45) is 1.42. The zero-order valence-electron chi connectivity index (χ0n) is 8.99. The Kier molecular flexibility index (Phi) is 2.55. The molecule has 6 heteroatoms. The molecule has 0 saturated heterocycles. The lowest BCUT2D eigenvalue weighted by molar-refractivity contribution is 0.0695. The average Bonchev–Trinajstić information content (AvgIpc) is 2.68. The fraction of sp³-hybridized carbons (Fsp3) is 0.0909. The van der Waals surface area contributed by atoms with Gasteiger partial charge in [0.2, 0.25) is 0 Å². The summed E-state index contributed by atoms with van der Waals surface area (Å²) in [4.78, 5) is 11.0. The number of nitrogens with one attached hydrogen (secondary N) is 1. The first kappa shape index (κ1) is 11.1. The molecule has 0 saturated carbocycles. The molecule has 0 aliphatic rings. The first-order valence-electron chi connectivity index (χ1n) is 4.83. The molecule has 2 rings (SSSR count). The van der Waals surface area contributed by atoms with E-state index in [0.717, 1.165) is 0 Å². The molecule has 0 amide bonds. The highest BCUT2D eigenvalue weighted by Crippen LogP contribution is 2.27. The molecule has 1 aromatic carbocycles. The van der Waals surface area contributed by atoms with E-state index in [9.17, 15) is 9.18 Å². The predicted octanol–water partition coefficient (Wildman–Crippen LogP) is 1.80. The maximum Gasteiger partial charge on any atom is 0.336 e. The number of carboxylic acids is 1. The van der Waals surface area contributed by atoms with Crippen molar-refractivity contribution >= 4 is 11.8 Å². The Bertz CT molecular complexity index is 592. The van der Waals surface area contributed by atoms with Crippen LogP contribution in [0.1, 0.15) is 15.9 Å². The van der Waals surface area contributed by atoms with Gasteiger partial charge in [-0.15, -0.1) is 0 Å². The van der Waals surface area contributed by atoms with Crippen LogP contribution in [0.15, 0.2) is 18.3 Å². The summed E-state index contributed by atoms with van der Waals surface area (Å²) in [5.74, 6) is -1.49. The summed E-state index contributed by atoms with van der Waals surface area (Å²) >= 11 is 0. The van der Waals surface area contributed by atoms with Crippen molar-refractivity contribution in [1.29, 1.82) is 0 Å².